The average Bonchev–Trinajstić information content (AvgIpc) is 3.05. The number of amides is 1. The molecule has 7 heteroatoms. The van der Waals surface area contributed by atoms with E-state index in [0.717, 1.165) is 11.3 Å². The molecule has 0 aliphatic heterocycles. The van der Waals surface area contributed by atoms with Crippen LogP contribution in [0.3, 0.4) is 0 Å². The topological polar surface area (TPSA) is 93.6 Å². The van der Waals surface area contributed by atoms with Gasteiger partial charge in [-0.15, -0.1) is 0 Å². The van der Waals surface area contributed by atoms with E-state index in [9.17, 15) is 13.2 Å². The molecule has 0 atom stereocenters. The number of rotatable bonds is 10. The molecule has 2 aromatic rings. The predicted molar refractivity (Wildman–Crippen MR) is 91.7 cm³/mol. The lowest BCUT2D eigenvalue weighted by Gasteiger charge is -2.21. The zero-order valence-electron chi connectivity index (χ0n) is 13.4. The van der Waals surface area contributed by atoms with Crippen molar-refractivity contribution in [2.75, 3.05) is 18.1 Å². The second-order valence-corrected chi connectivity index (χ2v) is 7.95. The Balaban J connectivity index is 1.98. The van der Waals surface area contributed by atoms with Gasteiger partial charge in [-0.05, 0) is 17.7 Å². The van der Waals surface area contributed by atoms with Gasteiger partial charge in [-0.25, -0.2) is 8.42 Å². The van der Waals surface area contributed by atoms with E-state index in [2.05, 4.69) is 0 Å². The van der Waals surface area contributed by atoms with Gasteiger partial charge in [-0.1, -0.05) is 30.3 Å². The smallest absolute Gasteiger partial charge is 0.218 e. The molecule has 1 aromatic carbocycles. The highest BCUT2D eigenvalue weighted by Crippen LogP contribution is 2.11. The van der Waals surface area contributed by atoms with Crippen LogP contribution >= 0.6 is 0 Å². The molecule has 1 amide bonds. The maximum Gasteiger partial charge on any atom is 0.218 e. The van der Waals surface area contributed by atoms with E-state index in [4.69, 9.17) is 10.2 Å². The zero-order chi connectivity index (χ0) is 17.4. The van der Waals surface area contributed by atoms with Gasteiger partial charge in [0.15, 0.2) is 9.84 Å². The number of nitrogens with zero attached hydrogens (tertiary/aromatic N) is 1. The minimum atomic E-state index is -3.32. The molecule has 1 heterocycles. The Bertz CT molecular complexity index is 727. The molecule has 0 saturated heterocycles. The largest absolute Gasteiger partial charge is 0.468 e. The van der Waals surface area contributed by atoms with Crippen LogP contribution in [0, 0.1) is 0 Å². The lowest BCUT2D eigenvalue weighted by Crippen LogP contribution is -2.30. The fraction of sp³-hybridized carbons (Fsp3) is 0.353. The van der Waals surface area contributed by atoms with Crippen LogP contribution in [0.4, 0.5) is 0 Å². The highest BCUT2D eigenvalue weighted by Gasteiger charge is 2.16. The number of carbonyl (C=O) groups is 1. The van der Waals surface area contributed by atoms with E-state index in [0.29, 0.717) is 19.6 Å². The van der Waals surface area contributed by atoms with Crippen LogP contribution in [0.1, 0.15) is 17.7 Å². The van der Waals surface area contributed by atoms with Gasteiger partial charge < -0.3 is 10.2 Å². The van der Waals surface area contributed by atoms with Crippen LogP contribution in [0.2, 0.25) is 0 Å². The van der Waals surface area contributed by atoms with Crippen molar-refractivity contribution >= 4 is 15.7 Å². The van der Waals surface area contributed by atoms with Crippen molar-refractivity contribution in [3.8, 4) is 0 Å². The number of nitrogens with two attached hydrogens (primary N) is 1. The first-order chi connectivity index (χ1) is 11.4. The number of furan rings is 1. The third kappa shape index (κ3) is 6.55. The Labute approximate surface area is 142 Å². The van der Waals surface area contributed by atoms with Crippen LogP contribution in [-0.4, -0.2) is 37.3 Å². The summed E-state index contributed by atoms with van der Waals surface area (Å²) in [6, 6.07) is 13.5. The third-order valence-electron chi connectivity index (χ3n) is 3.59. The molecular weight excluding hydrogens is 328 g/mol. The monoisotopic (exact) mass is 350 g/mol. The van der Waals surface area contributed by atoms with Gasteiger partial charge in [0.25, 0.3) is 0 Å². The van der Waals surface area contributed by atoms with Gasteiger partial charge in [0.1, 0.15) is 5.76 Å². The molecular formula is C17H22N2O4S. The first-order valence-electron chi connectivity index (χ1n) is 7.72. The van der Waals surface area contributed by atoms with Crippen molar-refractivity contribution in [2.24, 2.45) is 5.73 Å². The standard InChI is InChI=1S/C17H22N2O4S/c18-17(20)8-11-24(21,22)12-9-19(14-16-7-4-10-23-16)13-15-5-2-1-3-6-15/h1-7,10H,8-9,11-14H2,(H2,18,20). The Morgan fingerprint density at radius 1 is 1.04 bits per heavy atom. The molecule has 6 nitrogen and oxygen atoms in total. The highest BCUT2D eigenvalue weighted by atomic mass is 32.2. The van der Waals surface area contributed by atoms with Crippen molar-refractivity contribution in [1.82, 2.24) is 4.90 Å². The number of primary amides is 1. The summed E-state index contributed by atoms with van der Waals surface area (Å²) in [6.45, 7) is 1.50. The molecule has 0 radical (unpaired) electrons. The summed E-state index contributed by atoms with van der Waals surface area (Å²) in [6.07, 6.45) is 1.46. The summed E-state index contributed by atoms with van der Waals surface area (Å²) in [5.74, 6) is -0.0495. The lowest BCUT2D eigenvalue weighted by molar-refractivity contribution is -0.117. The lowest BCUT2D eigenvalue weighted by atomic mass is 10.2. The fourth-order valence-electron chi connectivity index (χ4n) is 2.30. The van der Waals surface area contributed by atoms with Crippen LogP contribution in [0.5, 0.6) is 0 Å². The SMILES string of the molecule is NC(=O)CCS(=O)(=O)CCN(Cc1ccccc1)Cc1ccco1. The van der Waals surface area contributed by atoms with Gasteiger partial charge >= 0.3 is 0 Å². The van der Waals surface area contributed by atoms with Crippen molar-refractivity contribution in [3.63, 3.8) is 0 Å². The fourth-order valence-corrected chi connectivity index (χ4v) is 3.56. The van der Waals surface area contributed by atoms with Crippen LogP contribution < -0.4 is 5.73 Å². The number of sulfone groups is 1. The summed E-state index contributed by atoms with van der Waals surface area (Å²) < 4.78 is 29.4. The molecule has 0 aliphatic rings. The summed E-state index contributed by atoms with van der Waals surface area (Å²) >= 11 is 0. The molecule has 130 valence electrons. The molecule has 0 saturated carbocycles. The molecule has 1 aromatic heterocycles. The first-order valence-corrected chi connectivity index (χ1v) is 9.54. The summed E-state index contributed by atoms with van der Waals surface area (Å²) in [5, 5.41) is 0. The molecule has 0 bridgehead atoms. The van der Waals surface area contributed by atoms with Crippen molar-refractivity contribution in [3.05, 3.63) is 60.1 Å². The third-order valence-corrected chi connectivity index (χ3v) is 5.22. The van der Waals surface area contributed by atoms with E-state index in [1.54, 1.807) is 12.3 Å². The second-order valence-electron chi connectivity index (χ2n) is 5.64. The second kappa shape index (κ2) is 8.65. The summed E-state index contributed by atoms with van der Waals surface area (Å²) in [5.41, 5.74) is 6.12. The van der Waals surface area contributed by atoms with Crippen molar-refractivity contribution in [1.29, 1.82) is 0 Å². The highest BCUT2D eigenvalue weighted by molar-refractivity contribution is 7.91. The van der Waals surface area contributed by atoms with Crippen molar-refractivity contribution < 1.29 is 17.6 Å². The van der Waals surface area contributed by atoms with E-state index in [1.165, 1.54) is 0 Å². The molecule has 0 spiro atoms. The molecule has 0 aliphatic carbocycles. The van der Waals surface area contributed by atoms with Crippen molar-refractivity contribution in [2.45, 2.75) is 19.5 Å². The number of carbonyl (C=O) groups excluding carboxylic acids is 1. The van der Waals surface area contributed by atoms with E-state index >= 15 is 0 Å². The Morgan fingerprint density at radius 3 is 2.42 bits per heavy atom. The summed E-state index contributed by atoms with van der Waals surface area (Å²) in [7, 11) is -3.32. The Morgan fingerprint density at radius 2 is 1.79 bits per heavy atom. The minimum absolute atomic E-state index is 0.0200. The van der Waals surface area contributed by atoms with Gasteiger partial charge in [0, 0.05) is 19.5 Å². The van der Waals surface area contributed by atoms with E-state index < -0.39 is 15.7 Å². The first kappa shape index (κ1) is 18.2. The van der Waals surface area contributed by atoms with Gasteiger partial charge in [-0.3, -0.25) is 9.69 Å². The van der Waals surface area contributed by atoms with Crippen LogP contribution in [0.15, 0.2) is 53.1 Å². The van der Waals surface area contributed by atoms with Gasteiger partial charge in [0.2, 0.25) is 5.91 Å². The van der Waals surface area contributed by atoms with E-state index in [1.807, 2.05) is 41.3 Å². The number of hydrogen-bond acceptors (Lipinski definition) is 5. The Hall–Kier alpha value is -2.12. The molecule has 24 heavy (non-hydrogen) atoms. The minimum Gasteiger partial charge on any atom is -0.468 e. The molecule has 0 unspecified atom stereocenters. The molecule has 2 rings (SSSR count). The number of hydrogen-bond donors (Lipinski definition) is 1. The van der Waals surface area contributed by atoms with E-state index in [-0.39, 0.29) is 17.9 Å². The maximum atomic E-state index is 12.0. The molecule has 0 fully saturated rings. The quantitative estimate of drug-likeness (QED) is 0.702. The number of benzene rings is 1. The van der Waals surface area contributed by atoms with Gasteiger partial charge in [-0.2, -0.15) is 0 Å². The molecule has 2 N–H and O–H groups in total. The average molecular weight is 350 g/mol. The zero-order valence-corrected chi connectivity index (χ0v) is 14.2. The van der Waals surface area contributed by atoms with Gasteiger partial charge in [0.05, 0.1) is 24.3 Å². The maximum absolute atomic E-state index is 12.0. The normalized spacial score (nSPS) is 11.7. The Kier molecular flexibility index (Phi) is 6.57. The van der Waals surface area contributed by atoms with Crippen LogP contribution in [0.25, 0.3) is 0 Å². The van der Waals surface area contributed by atoms with Crippen LogP contribution in [-0.2, 0) is 27.7 Å². The summed E-state index contributed by atoms with van der Waals surface area (Å²) in [4.78, 5) is 12.8. The predicted octanol–water partition coefficient (Wildman–Crippen LogP) is 1.57.